The Morgan fingerprint density at radius 3 is 2.77 bits per heavy atom. The Balaban J connectivity index is 3.55. The third-order valence-corrected chi connectivity index (χ3v) is 1.74. The molecule has 0 rings (SSSR count). The molecule has 0 radical (unpaired) electrons. The van der Waals surface area contributed by atoms with Crippen LogP contribution in [0.5, 0.6) is 0 Å². The van der Waals surface area contributed by atoms with Crippen molar-refractivity contribution >= 4 is 21.9 Å². The average molecular weight is 250 g/mol. The first-order chi connectivity index (χ1) is 6.07. The molecule has 13 heavy (non-hydrogen) atoms. The third-order valence-electron chi connectivity index (χ3n) is 1.46. The van der Waals surface area contributed by atoms with E-state index in [1.807, 2.05) is 6.92 Å². The average Bonchev–Trinajstić information content (AvgIpc) is 2.04. The smallest absolute Gasteiger partial charge is 0.309 e. The summed E-state index contributed by atoms with van der Waals surface area (Å²) in [6.07, 6.45) is 0. The number of hydrogen-bond donors (Lipinski definition) is 1. The summed E-state index contributed by atoms with van der Waals surface area (Å²) in [5.74, 6) is -0.262. The SMILES string of the molecule is C=C(Br)CNCC(C)C(=O)OCC. The predicted molar refractivity (Wildman–Crippen MR) is 56.7 cm³/mol. The van der Waals surface area contributed by atoms with Gasteiger partial charge < -0.3 is 10.1 Å². The minimum Gasteiger partial charge on any atom is -0.466 e. The van der Waals surface area contributed by atoms with E-state index in [4.69, 9.17) is 4.74 Å². The highest BCUT2D eigenvalue weighted by molar-refractivity contribution is 9.11. The van der Waals surface area contributed by atoms with E-state index in [1.54, 1.807) is 6.92 Å². The molecule has 0 saturated carbocycles. The van der Waals surface area contributed by atoms with E-state index in [1.165, 1.54) is 0 Å². The van der Waals surface area contributed by atoms with E-state index in [0.29, 0.717) is 19.7 Å². The van der Waals surface area contributed by atoms with Crippen LogP contribution in [-0.4, -0.2) is 25.7 Å². The Bertz CT molecular complexity index is 182. The first kappa shape index (κ1) is 12.7. The van der Waals surface area contributed by atoms with Crippen molar-refractivity contribution in [3.8, 4) is 0 Å². The number of ether oxygens (including phenoxy) is 1. The summed E-state index contributed by atoms with van der Waals surface area (Å²) in [4.78, 5) is 11.1. The van der Waals surface area contributed by atoms with Crippen molar-refractivity contribution in [2.45, 2.75) is 13.8 Å². The summed E-state index contributed by atoms with van der Waals surface area (Å²) in [6.45, 7) is 9.03. The second kappa shape index (κ2) is 7.09. The lowest BCUT2D eigenvalue weighted by Gasteiger charge is -2.10. The molecule has 0 aromatic heterocycles. The lowest BCUT2D eigenvalue weighted by molar-refractivity contribution is -0.147. The molecular formula is C9H16BrNO2. The number of hydrogen-bond acceptors (Lipinski definition) is 3. The van der Waals surface area contributed by atoms with Crippen molar-refractivity contribution in [3.63, 3.8) is 0 Å². The fourth-order valence-corrected chi connectivity index (χ4v) is 0.990. The van der Waals surface area contributed by atoms with Gasteiger partial charge in [0.2, 0.25) is 0 Å². The van der Waals surface area contributed by atoms with Gasteiger partial charge in [-0.25, -0.2) is 0 Å². The molecule has 0 aliphatic rings. The number of rotatable bonds is 6. The molecule has 0 aromatic carbocycles. The maximum absolute atomic E-state index is 11.1. The predicted octanol–water partition coefficient (Wildman–Crippen LogP) is 1.68. The normalized spacial score (nSPS) is 12.2. The summed E-state index contributed by atoms with van der Waals surface area (Å²) in [7, 11) is 0. The maximum Gasteiger partial charge on any atom is 0.309 e. The Morgan fingerprint density at radius 2 is 2.31 bits per heavy atom. The topological polar surface area (TPSA) is 38.3 Å². The van der Waals surface area contributed by atoms with Gasteiger partial charge in [0, 0.05) is 17.6 Å². The molecule has 1 N–H and O–H groups in total. The van der Waals surface area contributed by atoms with E-state index in [2.05, 4.69) is 27.8 Å². The quantitative estimate of drug-likeness (QED) is 0.729. The fourth-order valence-electron chi connectivity index (χ4n) is 0.792. The number of carbonyl (C=O) groups excluding carboxylic acids is 1. The molecule has 1 atom stereocenters. The molecule has 0 aliphatic heterocycles. The summed E-state index contributed by atoms with van der Waals surface area (Å²) < 4.78 is 5.73. The minimum atomic E-state index is -0.157. The Morgan fingerprint density at radius 1 is 1.69 bits per heavy atom. The summed E-state index contributed by atoms with van der Waals surface area (Å²) in [5, 5.41) is 3.08. The van der Waals surface area contributed by atoms with Crippen molar-refractivity contribution < 1.29 is 9.53 Å². The van der Waals surface area contributed by atoms with Gasteiger partial charge in [0.1, 0.15) is 0 Å². The van der Waals surface area contributed by atoms with Crippen LogP contribution < -0.4 is 5.32 Å². The van der Waals surface area contributed by atoms with Crippen LogP contribution in [0.15, 0.2) is 11.1 Å². The molecule has 0 aromatic rings. The zero-order valence-corrected chi connectivity index (χ0v) is 9.69. The number of carbonyl (C=O) groups is 1. The monoisotopic (exact) mass is 249 g/mol. The van der Waals surface area contributed by atoms with Crippen LogP contribution in [0.1, 0.15) is 13.8 Å². The van der Waals surface area contributed by atoms with Gasteiger partial charge in [0.25, 0.3) is 0 Å². The Kier molecular flexibility index (Phi) is 6.90. The highest BCUT2D eigenvalue weighted by Crippen LogP contribution is 1.99. The number of nitrogens with one attached hydrogen (secondary N) is 1. The van der Waals surface area contributed by atoms with Crippen LogP contribution in [-0.2, 0) is 9.53 Å². The van der Waals surface area contributed by atoms with Crippen LogP contribution >= 0.6 is 15.9 Å². The lowest BCUT2D eigenvalue weighted by Crippen LogP contribution is -2.28. The van der Waals surface area contributed by atoms with Gasteiger partial charge in [0.15, 0.2) is 0 Å². The maximum atomic E-state index is 11.1. The van der Waals surface area contributed by atoms with Crippen molar-refractivity contribution in [3.05, 3.63) is 11.1 Å². The zero-order chi connectivity index (χ0) is 10.3. The highest BCUT2D eigenvalue weighted by atomic mass is 79.9. The molecule has 4 heteroatoms. The molecule has 0 fully saturated rings. The van der Waals surface area contributed by atoms with Gasteiger partial charge in [-0.3, -0.25) is 4.79 Å². The van der Waals surface area contributed by atoms with Crippen molar-refractivity contribution in [1.29, 1.82) is 0 Å². The molecule has 1 unspecified atom stereocenters. The third kappa shape index (κ3) is 6.78. The molecule has 3 nitrogen and oxygen atoms in total. The Labute approximate surface area is 87.7 Å². The molecule has 0 saturated heterocycles. The van der Waals surface area contributed by atoms with Gasteiger partial charge in [-0.1, -0.05) is 29.4 Å². The first-order valence-corrected chi connectivity index (χ1v) is 5.07. The first-order valence-electron chi connectivity index (χ1n) is 4.28. The van der Waals surface area contributed by atoms with E-state index < -0.39 is 0 Å². The van der Waals surface area contributed by atoms with Crippen LogP contribution in [0.4, 0.5) is 0 Å². The van der Waals surface area contributed by atoms with Gasteiger partial charge >= 0.3 is 5.97 Å². The van der Waals surface area contributed by atoms with Crippen LogP contribution in [0.2, 0.25) is 0 Å². The minimum absolute atomic E-state index is 0.105. The van der Waals surface area contributed by atoms with Crippen LogP contribution in [0, 0.1) is 5.92 Å². The molecule has 0 bridgehead atoms. The van der Waals surface area contributed by atoms with E-state index in [0.717, 1.165) is 4.48 Å². The summed E-state index contributed by atoms with van der Waals surface area (Å²) in [6, 6.07) is 0. The van der Waals surface area contributed by atoms with Crippen LogP contribution in [0.3, 0.4) is 0 Å². The molecule has 0 amide bonds. The largest absolute Gasteiger partial charge is 0.466 e. The molecule has 76 valence electrons. The van der Waals surface area contributed by atoms with Gasteiger partial charge in [-0.2, -0.15) is 0 Å². The summed E-state index contributed by atoms with van der Waals surface area (Å²) >= 11 is 3.22. The van der Waals surface area contributed by atoms with Crippen LogP contribution in [0.25, 0.3) is 0 Å². The second-order valence-corrected chi connectivity index (χ2v) is 3.92. The molecule has 0 spiro atoms. The zero-order valence-electron chi connectivity index (χ0n) is 8.10. The van der Waals surface area contributed by atoms with E-state index in [-0.39, 0.29) is 11.9 Å². The fraction of sp³-hybridized carbons (Fsp3) is 0.667. The van der Waals surface area contributed by atoms with Gasteiger partial charge in [0.05, 0.1) is 12.5 Å². The standard InChI is InChI=1S/C9H16BrNO2/c1-4-13-9(12)7(2)5-11-6-8(3)10/h7,11H,3-6H2,1-2H3. The summed E-state index contributed by atoms with van der Waals surface area (Å²) in [5.41, 5.74) is 0. The van der Waals surface area contributed by atoms with E-state index >= 15 is 0 Å². The molecular weight excluding hydrogens is 234 g/mol. The van der Waals surface area contributed by atoms with Crippen molar-refractivity contribution in [2.24, 2.45) is 5.92 Å². The van der Waals surface area contributed by atoms with Gasteiger partial charge in [-0.05, 0) is 6.92 Å². The van der Waals surface area contributed by atoms with E-state index in [9.17, 15) is 4.79 Å². The van der Waals surface area contributed by atoms with Gasteiger partial charge in [-0.15, -0.1) is 0 Å². The number of halogens is 1. The van der Waals surface area contributed by atoms with Crippen molar-refractivity contribution in [1.82, 2.24) is 5.32 Å². The van der Waals surface area contributed by atoms with Crippen molar-refractivity contribution in [2.75, 3.05) is 19.7 Å². The lowest BCUT2D eigenvalue weighted by atomic mass is 10.2. The molecule has 0 aliphatic carbocycles. The number of esters is 1. The second-order valence-electron chi connectivity index (χ2n) is 2.80. The Hall–Kier alpha value is -0.350. The highest BCUT2D eigenvalue weighted by Gasteiger charge is 2.12. The molecule has 0 heterocycles.